The van der Waals surface area contributed by atoms with E-state index in [-0.39, 0.29) is 35.9 Å². The molecule has 2 rings (SSSR count). The van der Waals surface area contributed by atoms with E-state index < -0.39 is 0 Å². The van der Waals surface area contributed by atoms with Gasteiger partial charge in [-0.05, 0) is 30.5 Å². The largest absolute Gasteiger partial charge is 0.375 e. The number of hydrogen-bond acceptors (Lipinski definition) is 2. The first-order valence-corrected chi connectivity index (χ1v) is 6.98. The van der Waals surface area contributed by atoms with Crippen LogP contribution in [0.5, 0.6) is 0 Å². The number of nitrogens with zero attached hydrogens (tertiary/aromatic N) is 2. The molecular weight excluding hydrogens is 384 g/mol. The van der Waals surface area contributed by atoms with Crippen molar-refractivity contribution < 1.29 is 9.13 Å². The van der Waals surface area contributed by atoms with Crippen LogP contribution in [0.1, 0.15) is 24.5 Å². The predicted molar refractivity (Wildman–Crippen MR) is 93.7 cm³/mol. The Morgan fingerprint density at radius 3 is 2.48 bits per heavy atom. The molecule has 0 aromatic heterocycles. The highest BCUT2D eigenvalue weighted by atomic mass is 127. The molecule has 1 aliphatic rings. The van der Waals surface area contributed by atoms with Gasteiger partial charge in [-0.15, -0.1) is 24.0 Å². The molecule has 1 saturated heterocycles. The quantitative estimate of drug-likeness (QED) is 0.474. The number of rotatable bonds is 4. The van der Waals surface area contributed by atoms with E-state index in [0.717, 1.165) is 24.6 Å². The van der Waals surface area contributed by atoms with Gasteiger partial charge in [0.1, 0.15) is 5.82 Å². The van der Waals surface area contributed by atoms with Gasteiger partial charge in [-0.3, -0.25) is 4.99 Å². The fraction of sp³-hybridized carbons (Fsp3) is 0.533. The van der Waals surface area contributed by atoms with E-state index in [1.54, 1.807) is 26.3 Å². The molecule has 1 aromatic carbocycles. The second-order valence-corrected chi connectivity index (χ2v) is 4.90. The van der Waals surface area contributed by atoms with Crippen LogP contribution >= 0.6 is 24.0 Å². The minimum absolute atomic E-state index is 0. The maximum atomic E-state index is 12.9. The van der Waals surface area contributed by atoms with Crippen molar-refractivity contribution in [3.63, 3.8) is 0 Å². The number of nitrogens with one attached hydrogen (secondary N) is 1. The second kappa shape index (κ2) is 9.19. The topological polar surface area (TPSA) is 36.9 Å². The van der Waals surface area contributed by atoms with Crippen LogP contribution in [0.15, 0.2) is 29.3 Å². The van der Waals surface area contributed by atoms with Crippen molar-refractivity contribution in [2.75, 3.05) is 33.8 Å². The molecule has 6 heteroatoms. The molecule has 1 heterocycles. The summed E-state index contributed by atoms with van der Waals surface area (Å²) in [6, 6.07) is 6.42. The first-order chi connectivity index (χ1) is 9.74. The lowest BCUT2D eigenvalue weighted by Crippen LogP contribution is -2.41. The summed E-state index contributed by atoms with van der Waals surface area (Å²) in [6.07, 6.45) is 2.31. The summed E-state index contributed by atoms with van der Waals surface area (Å²) in [5.74, 6) is 0.677. The molecule has 1 aliphatic heterocycles. The van der Waals surface area contributed by atoms with E-state index in [9.17, 15) is 4.39 Å². The van der Waals surface area contributed by atoms with Gasteiger partial charge in [-0.2, -0.15) is 0 Å². The van der Waals surface area contributed by atoms with Crippen LogP contribution in [-0.4, -0.2) is 44.7 Å². The molecule has 0 saturated carbocycles. The molecule has 1 aromatic rings. The Balaban J connectivity index is 0.00000220. The monoisotopic (exact) mass is 407 g/mol. The molecule has 1 fully saturated rings. The van der Waals surface area contributed by atoms with E-state index in [4.69, 9.17) is 4.74 Å². The van der Waals surface area contributed by atoms with Gasteiger partial charge in [0.25, 0.3) is 0 Å². The fourth-order valence-electron chi connectivity index (χ4n) is 2.46. The molecule has 0 aliphatic carbocycles. The SMILES string of the molecule is CN=C(NCC(OC)c1ccc(F)cc1)N1CCCC1.I. The third-order valence-corrected chi connectivity index (χ3v) is 3.59. The number of aliphatic imine (C=N–C) groups is 1. The van der Waals surface area contributed by atoms with Crippen molar-refractivity contribution in [2.24, 2.45) is 4.99 Å². The van der Waals surface area contributed by atoms with Gasteiger partial charge in [0, 0.05) is 33.8 Å². The number of ether oxygens (including phenoxy) is 1. The van der Waals surface area contributed by atoms with E-state index in [2.05, 4.69) is 15.2 Å². The Morgan fingerprint density at radius 2 is 1.95 bits per heavy atom. The summed E-state index contributed by atoms with van der Waals surface area (Å²) in [5.41, 5.74) is 0.957. The summed E-state index contributed by atoms with van der Waals surface area (Å²) < 4.78 is 18.4. The lowest BCUT2D eigenvalue weighted by molar-refractivity contribution is 0.106. The van der Waals surface area contributed by atoms with Crippen molar-refractivity contribution in [2.45, 2.75) is 18.9 Å². The molecule has 0 bridgehead atoms. The molecule has 1 unspecified atom stereocenters. The van der Waals surface area contributed by atoms with Crippen LogP contribution in [0.25, 0.3) is 0 Å². The Labute approximate surface area is 142 Å². The first kappa shape index (κ1) is 18.2. The number of likely N-dealkylation sites (tertiary alicyclic amines) is 1. The Morgan fingerprint density at radius 1 is 1.33 bits per heavy atom. The van der Waals surface area contributed by atoms with Crippen LogP contribution in [0.4, 0.5) is 4.39 Å². The van der Waals surface area contributed by atoms with Crippen LogP contribution in [0.3, 0.4) is 0 Å². The predicted octanol–water partition coefficient (Wildman–Crippen LogP) is 2.80. The maximum absolute atomic E-state index is 12.9. The van der Waals surface area contributed by atoms with Gasteiger partial charge >= 0.3 is 0 Å². The van der Waals surface area contributed by atoms with E-state index in [0.29, 0.717) is 6.54 Å². The molecule has 0 radical (unpaired) electrons. The molecule has 118 valence electrons. The normalized spacial score (nSPS) is 16.5. The smallest absolute Gasteiger partial charge is 0.193 e. The zero-order valence-corrected chi connectivity index (χ0v) is 14.8. The third kappa shape index (κ3) is 5.10. The van der Waals surface area contributed by atoms with E-state index >= 15 is 0 Å². The van der Waals surface area contributed by atoms with Crippen LogP contribution in [-0.2, 0) is 4.74 Å². The highest BCUT2D eigenvalue weighted by Crippen LogP contribution is 2.16. The third-order valence-electron chi connectivity index (χ3n) is 3.59. The lowest BCUT2D eigenvalue weighted by atomic mass is 10.1. The van der Waals surface area contributed by atoms with Crippen molar-refractivity contribution in [3.8, 4) is 0 Å². The molecule has 0 spiro atoms. The molecule has 1 N–H and O–H groups in total. The van der Waals surface area contributed by atoms with E-state index in [1.807, 2.05) is 0 Å². The minimum Gasteiger partial charge on any atom is -0.375 e. The first-order valence-electron chi connectivity index (χ1n) is 6.98. The van der Waals surface area contributed by atoms with Crippen molar-refractivity contribution >= 4 is 29.9 Å². The average Bonchev–Trinajstić information content (AvgIpc) is 2.99. The molecule has 4 nitrogen and oxygen atoms in total. The van der Waals surface area contributed by atoms with Crippen LogP contribution < -0.4 is 5.32 Å². The van der Waals surface area contributed by atoms with E-state index in [1.165, 1.54) is 25.0 Å². The number of benzene rings is 1. The van der Waals surface area contributed by atoms with Gasteiger partial charge in [0.15, 0.2) is 5.96 Å². The summed E-state index contributed by atoms with van der Waals surface area (Å²) in [7, 11) is 3.45. The molecule has 21 heavy (non-hydrogen) atoms. The number of methoxy groups -OCH3 is 1. The Kier molecular flexibility index (Phi) is 7.95. The minimum atomic E-state index is -0.232. The molecule has 0 amide bonds. The number of guanidine groups is 1. The molecular formula is C15H23FIN3O. The van der Waals surface area contributed by atoms with Gasteiger partial charge < -0.3 is 15.0 Å². The zero-order chi connectivity index (χ0) is 14.4. The fourth-order valence-corrected chi connectivity index (χ4v) is 2.46. The standard InChI is InChI=1S/C15H22FN3O.HI/c1-17-15(19-9-3-4-10-19)18-11-14(20-2)12-5-7-13(16)8-6-12;/h5-8,14H,3-4,9-11H2,1-2H3,(H,17,18);1H. The second-order valence-electron chi connectivity index (χ2n) is 4.90. The average molecular weight is 407 g/mol. The Bertz CT molecular complexity index is 447. The Hall–Kier alpha value is -0.890. The van der Waals surface area contributed by atoms with Crippen molar-refractivity contribution in [1.29, 1.82) is 0 Å². The summed E-state index contributed by atoms with van der Waals surface area (Å²) >= 11 is 0. The summed E-state index contributed by atoms with van der Waals surface area (Å²) in [5, 5.41) is 3.33. The summed E-state index contributed by atoms with van der Waals surface area (Å²) in [4.78, 5) is 6.55. The highest BCUT2D eigenvalue weighted by Gasteiger charge is 2.17. The van der Waals surface area contributed by atoms with Crippen LogP contribution in [0.2, 0.25) is 0 Å². The van der Waals surface area contributed by atoms with Crippen LogP contribution in [0, 0.1) is 5.82 Å². The highest BCUT2D eigenvalue weighted by molar-refractivity contribution is 14.0. The summed E-state index contributed by atoms with van der Waals surface area (Å²) in [6.45, 7) is 2.72. The zero-order valence-electron chi connectivity index (χ0n) is 12.5. The number of hydrogen-bond donors (Lipinski definition) is 1. The van der Waals surface area contributed by atoms with Crippen molar-refractivity contribution in [3.05, 3.63) is 35.6 Å². The molecule has 1 atom stereocenters. The van der Waals surface area contributed by atoms with Gasteiger partial charge in [-0.25, -0.2) is 4.39 Å². The van der Waals surface area contributed by atoms with Gasteiger partial charge in [0.2, 0.25) is 0 Å². The maximum Gasteiger partial charge on any atom is 0.193 e. The van der Waals surface area contributed by atoms with Crippen molar-refractivity contribution in [1.82, 2.24) is 10.2 Å². The lowest BCUT2D eigenvalue weighted by Gasteiger charge is -2.23. The van der Waals surface area contributed by atoms with Gasteiger partial charge in [-0.1, -0.05) is 12.1 Å². The van der Waals surface area contributed by atoms with Gasteiger partial charge in [0.05, 0.1) is 6.10 Å². The number of halogens is 2.